The van der Waals surface area contributed by atoms with Crippen LogP contribution >= 0.6 is 11.8 Å². The summed E-state index contributed by atoms with van der Waals surface area (Å²) in [6.07, 6.45) is 5.29. The van der Waals surface area contributed by atoms with Crippen LogP contribution < -0.4 is 5.32 Å². The van der Waals surface area contributed by atoms with Crippen LogP contribution in [0.5, 0.6) is 0 Å². The summed E-state index contributed by atoms with van der Waals surface area (Å²) in [5.74, 6) is 2.01. The van der Waals surface area contributed by atoms with Crippen LogP contribution in [0.15, 0.2) is 17.0 Å². The first-order valence-corrected chi connectivity index (χ1v) is 5.32. The normalized spacial score (nSPS) is 13.2. The van der Waals surface area contributed by atoms with Gasteiger partial charge in [-0.1, -0.05) is 0 Å². The SMILES string of the molecule is CSCC(C)NCc1cnco1. The fraction of sp³-hybridized carbons (Fsp3) is 0.625. The molecule has 0 fully saturated rings. The van der Waals surface area contributed by atoms with Gasteiger partial charge in [0.1, 0.15) is 5.76 Å². The summed E-state index contributed by atoms with van der Waals surface area (Å²) in [6.45, 7) is 2.93. The number of thioether (sulfide) groups is 1. The molecule has 3 nitrogen and oxygen atoms in total. The van der Waals surface area contributed by atoms with Gasteiger partial charge in [0.05, 0.1) is 12.7 Å². The number of oxazole rings is 1. The van der Waals surface area contributed by atoms with Crippen molar-refractivity contribution in [1.29, 1.82) is 0 Å². The molecule has 0 saturated heterocycles. The average Bonchev–Trinajstić information content (AvgIpc) is 2.53. The Labute approximate surface area is 76.9 Å². The molecule has 0 radical (unpaired) electrons. The van der Waals surface area contributed by atoms with E-state index >= 15 is 0 Å². The highest BCUT2D eigenvalue weighted by molar-refractivity contribution is 7.98. The van der Waals surface area contributed by atoms with Crippen LogP contribution in [0.3, 0.4) is 0 Å². The van der Waals surface area contributed by atoms with E-state index in [1.54, 1.807) is 6.20 Å². The lowest BCUT2D eigenvalue weighted by atomic mass is 10.4. The van der Waals surface area contributed by atoms with Crippen molar-refractivity contribution in [2.45, 2.75) is 19.5 Å². The number of hydrogen-bond acceptors (Lipinski definition) is 4. The van der Waals surface area contributed by atoms with Crippen LogP contribution in [-0.4, -0.2) is 23.0 Å². The summed E-state index contributed by atoms with van der Waals surface area (Å²) in [6, 6.07) is 0.519. The van der Waals surface area contributed by atoms with Gasteiger partial charge in [-0.05, 0) is 13.2 Å². The van der Waals surface area contributed by atoms with Crippen LogP contribution in [0.2, 0.25) is 0 Å². The maximum atomic E-state index is 5.08. The van der Waals surface area contributed by atoms with Gasteiger partial charge in [-0.15, -0.1) is 0 Å². The molecule has 0 bridgehead atoms. The predicted molar refractivity (Wildman–Crippen MR) is 51.2 cm³/mol. The van der Waals surface area contributed by atoms with Gasteiger partial charge < -0.3 is 9.73 Å². The van der Waals surface area contributed by atoms with Gasteiger partial charge in [-0.3, -0.25) is 0 Å². The Balaban J connectivity index is 2.17. The first kappa shape index (κ1) is 9.61. The lowest BCUT2D eigenvalue weighted by Gasteiger charge is -2.09. The number of nitrogens with one attached hydrogen (secondary N) is 1. The highest BCUT2D eigenvalue weighted by atomic mass is 32.2. The van der Waals surface area contributed by atoms with Gasteiger partial charge in [0.2, 0.25) is 0 Å². The summed E-state index contributed by atoms with van der Waals surface area (Å²) in [5, 5.41) is 3.33. The second-order valence-electron chi connectivity index (χ2n) is 2.71. The third kappa shape index (κ3) is 3.28. The molecule has 1 N–H and O–H groups in total. The minimum absolute atomic E-state index is 0.519. The predicted octanol–water partition coefficient (Wildman–Crippen LogP) is 1.52. The largest absolute Gasteiger partial charge is 0.447 e. The van der Waals surface area contributed by atoms with Gasteiger partial charge in [0, 0.05) is 11.8 Å². The third-order valence-corrected chi connectivity index (χ3v) is 2.36. The van der Waals surface area contributed by atoms with Crippen molar-refractivity contribution in [2.75, 3.05) is 12.0 Å². The lowest BCUT2D eigenvalue weighted by molar-refractivity contribution is 0.464. The van der Waals surface area contributed by atoms with E-state index in [2.05, 4.69) is 23.5 Å². The zero-order valence-corrected chi connectivity index (χ0v) is 8.23. The van der Waals surface area contributed by atoms with E-state index in [0.717, 1.165) is 18.1 Å². The van der Waals surface area contributed by atoms with Crippen molar-refractivity contribution in [3.8, 4) is 0 Å². The van der Waals surface area contributed by atoms with Crippen molar-refractivity contribution >= 4 is 11.8 Å². The second kappa shape index (κ2) is 5.22. The Morgan fingerprint density at radius 2 is 2.58 bits per heavy atom. The molecule has 0 saturated carbocycles. The molecule has 0 aliphatic carbocycles. The van der Waals surface area contributed by atoms with Crippen molar-refractivity contribution in [2.24, 2.45) is 0 Å². The van der Waals surface area contributed by atoms with Crippen molar-refractivity contribution < 1.29 is 4.42 Å². The first-order valence-electron chi connectivity index (χ1n) is 3.92. The van der Waals surface area contributed by atoms with E-state index in [1.165, 1.54) is 6.39 Å². The number of aromatic nitrogens is 1. The molecular weight excluding hydrogens is 172 g/mol. The molecule has 0 aliphatic heterocycles. The zero-order valence-electron chi connectivity index (χ0n) is 7.41. The van der Waals surface area contributed by atoms with Crippen LogP contribution in [0.1, 0.15) is 12.7 Å². The first-order chi connectivity index (χ1) is 5.83. The molecule has 12 heavy (non-hydrogen) atoms. The van der Waals surface area contributed by atoms with Gasteiger partial charge in [0.15, 0.2) is 6.39 Å². The minimum Gasteiger partial charge on any atom is -0.447 e. The van der Waals surface area contributed by atoms with Crippen LogP contribution in [-0.2, 0) is 6.54 Å². The minimum atomic E-state index is 0.519. The molecule has 0 spiro atoms. The van der Waals surface area contributed by atoms with Gasteiger partial charge in [0.25, 0.3) is 0 Å². The van der Waals surface area contributed by atoms with E-state index in [4.69, 9.17) is 4.42 Å². The van der Waals surface area contributed by atoms with E-state index in [1.807, 2.05) is 11.8 Å². The highest BCUT2D eigenvalue weighted by Gasteiger charge is 2.01. The Bertz CT molecular complexity index is 201. The number of hydrogen-bond donors (Lipinski definition) is 1. The van der Waals surface area contributed by atoms with E-state index in [0.29, 0.717) is 6.04 Å². The Hall–Kier alpha value is -0.480. The van der Waals surface area contributed by atoms with Crippen LogP contribution in [0, 0.1) is 0 Å². The molecule has 4 heteroatoms. The molecular formula is C8H14N2OS. The summed E-state index contributed by atoms with van der Waals surface area (Å²) in [7, 11) is 0. The van der Waals surface area contributed by atoms with Gasteiger partial charge >= 0.3 is 0 Å². The van der Waals surface area contributed by atoms with Crippen molar-refractivity contribution in [3.63, 3.8) is 0 Å². The molecule has 1 heterocycles. The zero-order chi connectivity index (χ0) is 8.81. The molecule has 1 unspecified atom stereocenters. The van der Waals surface area contributed by atoms with Crippen LogP contribution in [0.4, 0.5) is 0 Å². The third-order valence-electron chi connectivity index (χ3n) is 1.52. The molecule has 0 aromatic carbocycles. The molecule has 1 aromatic rings. The lowest BCUT2D eigenvalue weighted by Crippen LogP contribution is -2.27. The Morgan fingerprint density at radius 1 is 1.75 bits per heavy atom. The summed E-state index contributed by atoms with van der Waals surface area (Å²) < 4.78 is 5.08. The molecule has 1 atom stereocenters. The second-order valence-corrected chi connectivity index (χ2v) is 3.62. The smallest absolute Gasteiger partial charge is 0.180 e. The average molecular weight is 186 g/mol. The van der Waals surface area contributed by atoms with Crippen molar-refractivity contribution in [3.05, 3.63) is 18.4 Å². The Morgan fingerprint density at radius 3 is 3.17 bits per heavy atom. The molecule has 1 rings (SSSR count). The Kier molecular flexibility index (Phi) is 4.18. The fourth-order valence-electron chi connectivity index (χ4n) is 0.913. The monoisotopic (exact) mass is 186 g/mol. The number of nitrogens with zero attached hydrogens (tertiary/aromatic N) is 1. The van der Waals surface area contributed by atoms with Crippen LogP contribution in [0.25, 0.3) is 0 Å². The standard InChI is InChI=1S/C8H14N2OS/c1-7(5-12-2)10-4-8-3-9-6-11-8/h3,6-7,10H,4-5H2,1-2H3. The molecule has 0 amide bonds. The fourth-order valence-corrected chi connectivity index (χ4v) is 1.53. The molecule has 68 valence electrons. The van der Waals surface area contributed by atoms with Gasteiger partial charge in [-0.25, -0.2) is 4.98 Å². The highest BCUT2D eigenvalue weighted by Crippen LogP contribution is 1.99. The van der Waals surface area contributed by atoms with Gasteiger partial charge in [-0.2, -0.15) is 11.8 Å². The van der Waals surface area contributed by atoms with E-state index in [-0.39, 0.29) is 0 Å². The topological polar surface area (TPSA) is 38.1 Å². The maximum absolute atomic E-state index is 5.08. The summed E-state index contributed by atoms with van der Waals surface area (Å²) in [4.78, 5) is 3.83. The molecule has 1 aromatic heterocycles. The summed E-state index contributed by atoms with van der Waals surface area (Å²) in [5.41, 5.74) is 0. The van der Waals surface area contributed by atoms with E-state index in [9.17, 15) is 0 Å². The molecule has 0 aliphatic rings. The van der Waals surface area contributed by atoms with E-state index < -0.39 is 0 Å². The summed E-state index contributed by atoms with van der Waals surface area (Å²) >= 11 is 1.84. The number of rotatable bonds is 5. The maximum Gasteiger partial charge on any atom is 0.180 e. The quantitative estimate of drug-likeness (QED) is 0.756. The van der Waals surface area contributed by atoms with Crippen molar-refractivity contribution in [1.82, 2.24) is 10.3 Å².